The smallest absolute Gasteiger partial charge is 0.335 e. The highest BCUT2D eigenvalue weighted by Gasteiger charge is 2.28. The molecule has 1 amide bonds. The Kier molecular flexibility index (Phi) is 5.59. The maximum Gasteiger partial charge on any atom is 0.335 e. The monoisotopic (exact) mass is 373 g/mol. The number of rotatable bonds is 4. The molecule has 1 atom stereocenters. The zero-order valence-electron chi connectivity index (χ0n) is 14.1. The molecule has 1 aliphatic heterocycles. The molecule has 5 nitrogen and oxygen atoms in total. The lowest BCUT2D eigenvalue weighted by Crippen LogP contribution is -2.39. The van der Waals surface area contributed by atoms with E-state index in [-0.39, 0.29) is 17.4 Å². The van der Waals surface area contributed by atoms with Crippen LogP contribution in [0.3, 0.4) is 0 Å². The number of halogens is 1. The van der Waals surface area contributed by atoms with Crippen molar-refractivity contribution in [3.05, 3.63) is 70.2 Å². The lowest BCUT2D eigenvalue weighted by atomic mass is 9.87. The molecule has 0 bridgehead atoms. The number of hydrogen-bond donors (Lipinski definition) is 2. The molecular weight excluding hydrogens is 354 g/mol. The number of hydrogen-bond acceptors (Lipinski definition) is 3. The Bertz CT molecular complexity index is 798. The van der Waals surface area contributed by atoms with Crippen LogP contribution in [0, 0.1) is 5.92 Å². The van der Waals surface area contributed by atoms with Crippen molar-refractivity contribution in [2.75, 3.05) is 13.1 Å². The maximum absolute atomic E-state index is 12.6. The third kappa shape index (κ3) is 4.06. The standard InChI is InChI=1S/C20H20ClNO4/c21-17-6-4-13(5-7-17)18(23)14-8-10-22(11-9-14)19(24)15-2-1-3-16(12-15)20(25)26/h1-7,12,14,18,23H,8-11H2,(H,25,26). The second kappa shape index (κ2) is 7.89. The highest BCUT2D eigenvalue weighted by Crippen LogP contribution is 2.31. The fourth-order valence-electron chi connectivity index (χ4n) is 3.32. The number of carboxylic acid groups (broad SMARTS) is 1. The number of nitrogens with zero attached hydrogens (tertiary/aromatic N) is 1. The van der Waals surface area contributed by atoms with Crippen molar-refractivity contribution < 1.29 is 19.8 Å². The largest absolute Gasteiger partial charge is 0.478 e. The van der Waals surface area contributed by atoms with Crippen LogP contribution in [0.2, 0.25) is 5.02 Å². The minimum absolute atomic E-state index is 0.0746. The number of likely N-dealkylation sites (tertiary alicyclic amines) is 1. The number of carbonyl (C=O) groups is 2. The van der Waals surface area contributed by atoms with E-state index in [0.717, 1.165) is 5.56 Å². The number of amides is 1. The molecule has 1 heterocycles. The van der Waals surface area contributed by atoms with Gasteiger partial charge in [0.25, 0.3) is 5.91 Å². The minimum Gasteiger partial charge on any atom is -0.478 e. The number of aliphatic hydroxyl groups is 1. The summed E-state index contributed by atoms with van der Waals surface area (Å²) in [5.74, 6) is -1.15. The second-order valence-electron chi connectivity index (χ2n) is 6.51. The van der Waals surface area contributed by atoms with E-state index in [1.807, 2.05) is 12.1 Å². The van der Waals surface area contributed by atoms with Crippen LogP contribution in [0.15, 0.2) is 48.5 Å². The average Bonchev–Trinajstić information content (AvgIpc) is 2.67. The highest BCUT2D eigenvalue weighted by atomic mass is 35.5. The molecule has 136 valence electrons. The summed E-state index contributed by atoms with van der Waals surface area (Å²) in [4.78, 5) is 25.4. The van der Waals surface area contributed by atoms with E-state index < -0.39 is 12.1 Å². The summed E-state index contributed by atoms with van der Waals surface area (Å²) in [7, 11) is 0. The van der Waals surface area contributed by atoms with Crippen LogP contribution in [-0.2, 0) is 0 Å². The van der Waals surface area contributed by atoms with Gasteiger partial charge < -0.3 is 15.1 Å². The summed E-state index contributed by atoms with van der Waals surface area (Å²) < 4.78 is 0. The van der Waals surface area contributed by atoms with Crippen LogP contribution in [0.5, 0.6) is 0 Å². The zero-order chi connectivity index (χ0) is 18.7. The second-order valence-corrected chi connectivity index (χ2v) is 6.95. The first-order chi connectivity index (χ1) is 12.5. The predicted molar refractivity (Wildman–Crippen MR) is 98.4 cm³/mol. The average molecular weight is 374 g/mol. The fourth-order valence-corrected chi connectivity index (χ4v) is 3.44. The summed E-state index contributed by atoms with van der Waals surface area (Å²) in [6.45, 7) is 1.07. The van der Waals surface area contributed by atoms with Crippen molar-refractivity contribution in [3.8, 4) is 0 Å². The summed E-state index contributed by atoms with van der Waals surface area (Å²) in [6, 6.07) is 13.2. The topological polar surface area (TPSA) is 77.8 Å². The molecule has 1 unspecified atom stereocenters. The van der Waals surface area contributed by atoms with Crippen molar-refractivity contribution in [1.82, 2.24) is 4.90 Å². The Balaban J connectivity index is 1.62. The lowest BCUT2D eigenvalue weighted by Gasteiger charge is -2.34. The van der Waals surface area contributed by atoms with Crippen LogP contribution < -0.4 is 0 Å². The normalized spacial score (nSPS) is 16.3. The van der Waals surface area contributed by atoms with Gasteiger partial charge >= 0.3 is 5.97 Å². The van der Waals surface area contributed by atoms with E-state index in [4.69, 9.17) is 16.7 Å². The first kappa shape index (κ1) is 18.4. The number of carboxylic acids is 1. The van der Waals surface area contributed by atoms with Gasteiger partial charge in [0, 0.05) is 23.7 Å². The van der Waals surface area contributed by atoms with Gasteiger partial charge in [-0.05, 0) is 54.7 Å². The Hall–Kier alpha value is -2.37. The first-order valence-corrected chi connectivity index (χ1v) is 8.89. The Morgan fingerprint density at radius 3 is 2.27 bits per heavy atom. The SMILES string of the molecule is O=C(O)c1cccc(C(=O)N2CCC(C(O)c3ccc(Cl)cc3)CC2)c1. The van der Waals surface area contributed by atoms with E-state index in [0.29, 0.717) is 36.5 Å². The third-order valence-electron chi connectivity index (χ3n) is 4.84. The van der Waals surface area contributed by atoms with Gasteiger partial charge in [-0.1, -0.05) is 29.8 Å². The number of benzene rings is 2. The summed E-state index contributed by atoms with van der Waals surface area (Å²) in [5.41, 5.74) is 1.30. The summed E-state index contributed by atoms with van der Waals surface area (Å²) >= 11 is 5.88. The van der Waals surface area contributed by atoms with Gasteiger partial charge in [0.05, 0.1) is 11.7 Å². The number of aromatic carboxylic acids is 1. The van der Waals surface area contributed by atoms with E-state index in [9.17, 15) is 14.7 Å². The predicted octanol–water partition coefficient (Wildman–Crippen LogP) is 3.62. The van der Waals surface area contributed by atoms with Crippen LogP contribution >= 0.6 is 11.6 Å². The molecule has 6 heteroatoms. The molecule has 3 rings (SSSR count). The first-order valence-electron chi connectivity index (χ1n) is 8.52. The van der Waals surface area contributed by atoms with Crippen molar-refractivity contribution in [2.45, 2.75) is 18.9 Å². The van der Waals surface area contributed by atoms with Gasteiger partial charge in [0.15, 0.2) is 0 Å². The van der Waals surface area contributed by atoms with Crippen LogP contribution in [-0.4, -0.2) is 40.1 Å². The Morgan fingerprint density at radius 1 is 1.04 bits per heavy atom. The molecule has 1 fully saturated rings. The maximum atomic E-state index is 12.6. The molecule has 26 heavy (non-hydrogen) atoms. The summed E-state index contributed by atoms with van der Waals surface area (Å²) in [6.07, 6.45) is 0.794. The molecule has 0 saturated carbocycles. The van der Waals surface area contributed by atoms with E-state index in [1.54, 1.807) is 29.2 Å². The van der Waals surface area contributed by atoms with Gasteiger partial charge in [0.2, 0.25) is 0 Å². The van der Waals surface area contributed by atoms with Crippen LogP contribution in [0.1, 0.15) is 45.2 Å². The summed E-state index contributed by atoms with van der Waals surface area (Å²) in [5, 5.41) is 20.3. The van der Waals surface area contributed by atoms with Gasteiger partial charge in [-0.15, -0.1) is 0 Å². The van der Waals surface area contributed by atoms with Gasteiger partial charge in [0.1, 0.15) is 0 Å². The molecule has 0 radical (unpaired) electrons. The fraction of sp³-hybridized carbons (Fsp3) is 0.300. The molecule has 0 aliphatic carbocycles. The Labute approximate surface area is 156 Å². The van der Waals surface area contributed by atoms with Gasteiger partial charge in [-0.25, -0.2) is 4.79 Å². The van der Waals surface area contributed by atoms with Crippen molar-refractivity contribution in [1.29, 1.82) is 0 Å². The molecule has 2 aromatic carbocycles. The van der Waals surface area contributed by atoms with Gasteiger partial charge in [-0.3, -0.25) is 4.79 Å². The van der Waals surface area contributed by atoms with Gasteiger partial charge in [-0.2, -0.15) is 0 Å². The molecule has 1 aliphatic rings. The van der Waals surface area contributed by atoms with Crippen molar-refractivity contribution in [2.24, 2.45) is 5.92 Å². The molecule has 0 spiro atoms. The minimum atomic E-state index is -1.05. The lowest BCUT2D eigenvalue weighted by molar-refractivity contribution is 0.0462. The van der Waals surface area contributed by atoms with E-state index in [2.05, 4.69) is 0 Å². The quantitative estimate of drug-likeness (QED) is 0.857. The molecule has 1 saturated heterocycles. The number of carbonyl (C=O) groups excluding carboxylic acids is 1. The number of piperidine rings is 1. The molecule has 2 aromatic rings. The van der Waals surface area contributed by atoms with E-state index >= 15 is 0 Å². The molecule has 2 N–H and O–H groups in total. The third-order valence-corrected chi connectivity index (χ3v) is 5.09. The highest BCUT2D eigenvalue weighted by molar-refractivity contribution is 6.30. The van der Waals surface area contributed by atoms with Crippen LogP contribution in [0.25, 0.3) is 0 Å². The van der Waals surface area contributed by atoms with Crippen LogP contribution in [0.4, 0.5) is 0 Å². The van der Waals surface area contributed by atoms with Crippen molar-refractivity contribution in [3.63, 3.8) is 0 Å². The Morgan fingerprint density at radius 2 is 1.65 bits per heavy atom. The zero-order valence-corrected chi connectivity index (χ0v) is 14.9. The van der Waals surface area contributed by atoms with E-state index in [1.165, 1.54) is 12.1 Å². The molecular formula is C20H20ClNO4. The number of aliphatic hydroxyl groups excluding tert-OH is 1. The molecule has 0 aromatic heterocycles. The van der Waals surface area contributed by atoms with Crippen molar-refractivity contribution >= 4 is 23.5 Å².